The average molecular weight is 355 g/mol. The zero-order valence-corrected chi connectivity index (χ0v) is 15.8. The molecule has 0 aliphatic heterocycles. The highest BCUT2D eigenvalue weighted by Gasteiger charge is 2.16. The fourth-order valence-electron chi connectivity index (χ4n) is 2.46. The van der Waals surface area contributed by atoms with Gasteiger partial charge in [-0.15, -0.1) is 0 Å². The molecule has 1 amide bonds. The summed E-state index contributed by atoms with van der Waals surface area (Å²) in [6, 6.07) is 6.31. The van der Waals surface area contributed by atoms with E-state index in [0.29, 0.717) is 12.2 Å². The number of amides is 1. The van der Waals surface area contributed by atoms with E-state index in [9.17, 15) is 13.2 Å². The minimum absolute atomic E-state index is 0.0156. The summed E-state index contributed by atoms with van der Waals surface area (Å²) in [7, 11) is -3.48. The van der Waals surface area contributed by atoms with Gasteiger partial charge in [0.2, 0.25) is 15.9 Å². The molecule has 0 saturated heterocycles. The highest BCUT2D eigenvalue weighted by Crippen LogP contribution is 2.16. The van der Waals surface area contributed by atoms with Crippen LogP contribution in [0.15, 0.2) is 29.2 Å². The molecule has 0 bridgehead atoms. The van der Waals surface area contributed by atoms with Crippen molar-refractivity contribution in [2.75, 3.05) is 11.9 Å². The van der Waals surface area contributed by atoms with E-state index in [2.05, 4.69) is 17.0 Å². The van der Waals surface area contributed by atoms with E-state index in [-0.39, 0.29) is 16.7 Å². The Bertz CT molecular complexity index is 593. The Kier molecular flexibility index (Phi) is 9.00. The van der Waals surface area contributed by atoms with E-state index in [0.717, 1.165) is 38.5 Å². The first-order valence-corrected chi connectivity index (χ1v) is 10.3. The van der Waals surface area contributed by atoms with Crippen LogP contribution >= 0.6 is 0 Å². The second-order valence-electron chi connectivity index (χ2n) is 5.99. The standard InChI is InChI=1S/C18H30N2O3S/c1-4-7-8-9-14-19-24(22,23)17-12-10-16(11-13-17)20-18(21)15(5-2)6-3/h10-13,15,19H,4-9,14H2,1-3H3,(H,20,21). The van der Waals surface area contributed by atoms with Crippen LogP contribution < -0.4 is 10.0 Å². The number of carbonyl (C=O) groups is 1. The summed E-state index contributed by atoms with van der Waals surface area (Å²) in [5.74, 6) is -0.0390. The van der Waals surface area contributed by atoms with Gasteiger partial charge in [0, 0.05) is 18.2 Å². The van der Waals surface area contributed by atoms with Gasteiger partial charge in [-0.25, -0.2) is 13.1 Å². The molecule has 6 heteroatoms. The number of nitrogens with one attached hydrogen (secondary N) is 2. The first-order chi connectivity index (χ1) is 11.4. The Morgan fingerprint density at radius 1 is 1.00 bits per heavy atom. The molecule has 5 nitrogen and oxygen atoms in total. The van der Waals surface area contributed by atoms with Crippen molar-refractivity contribution in [1.82, 2.24) is 4.72 Å². The lowest BCUT2D eigenvalue weighted by molar-refractivity contribution is -0.120. The monoisotopic (exact) mass is 354 g/mol. The van der Waals surface area contributed by atoms with Gasteiger partial charge in [-0.2, -0.15) is 0 Å². The summed E-state index contributed by atoms with van der Waals surface area (Å²) in [6.45, 7) is 6.54. The number of hydrogen-bond donors (Lipinski definition) is 2. The van der Waals surface area contributed by atoms with Gasteiger partial charge in [-0.1, -0.05) is 40.0 Å². The highest BCUT2D eigenvalue weighted by molar-refractivity contribution is 7.89. The second-order valence-corrected chi connectivity index (χ2v) is 7.75. The maximum atomic E-state index is 12.2. The third kappa shape index (κ3) is 6.61. The van der Waals surface area contributed by atoms with Crippen molar-refractivity contribution in [3.05, 3.63) is 24.3 Å². The zero-order chi connectivity index (χ0) is 18.0. The van der Waals surface area contributed by atoms with Crippen molar-refractivity contribution in [3.63, 3.8) is 0 Å². The molecule has 2 N–H and O–H groups in total. The fourth-order valence-corrected chi connectivity index (χ4v) is 3.54. The van der Waals surface area contributed by atoms with Crippen molar-refractivity contribution >= 4 is 21.6 Å². The minimum Gasteiger partial charge on any atom is -0.326 e. The molecule has 0 aliphatic carbocycles. The van der Waals surface area contributed by atoms with Crippen LogP contribution in [0.5, 0.6) is 0 Å². The van der Waals surface area contributed by atoms with E-state index in [1.807, 2.05) is 13.8 Å². The van der Waals surface area contributed by atoms with Gasteiger partial charge in [0.05, 0.1) is 4.90 Å². The molecule has 1 aromatic carbocycles. The molecule has 0 heterocycles. The maximum Gasteiger partial charge on any atom is 0.240 e. The van der Waals surface area contributed by atoms with Crippen molar-refractivity contribution in [2.45, 2.75) is 64.2 Å². The number of benzene rings is 1. The van der Waals surface area contributed by atoms with Crippen LogP contribution in [-0.2, 0) is 14.8 Å². The lowest BCUT2D eigenvalue weighted by Gasteiger charge is -2.13. The van der Waals surface area contributed by atoms with Crippen molar-refractivity contribution in [1.29, 1.82) is 0 Å². The molecule has 0 fully saturated rings. The minimum atomic E-state index is -3.48. The predicted octanol–water partition coefficient (Wildman–Crippen LogP) is 3.92. The summed E-state index contributed by atoms with van der Waals surface area (Å²) >= 11 is 0. The van der Waals surface area contributed by atoms with E-state index in [4.69, 9.17) is 0 Å². The molecule has 0 radical (unpaired) electrons. The molecule has 24 heavy (non-hydrogen) atoms. The quantitative estimate of drug-likeness (QED) is 0.591. The third-order valence-electron chi connectivity index (χ3n) is 4.11. The first kappa shape index (κ1) is 20.6. The zero-order valence-electron chi connectivity index (χ0n) is 15.0. The molecule has 0 aromatic heterocycles. The molecule has 0 saturated carbocycles. The van der Waals surface area contributed by atoms with Crippen LogP contribution in [0.1, 0.15) is 59.3 Å². The van der Waals surface area contributed by atoms with E-state index in [1.165, 1.54) is 12.1 Å². The van der Waals surface area contributed by atoms with Crippen molar-refractivity contribution in [2.24, 2.45) is 5.92 Å². The maximum absolute atomic E-state index is 12.2. The van der Waals surface area contributed by atoms with Gasteiger partial charge in [0.15, 0.2) is 0 Å². The lowest BCUT2D eigenvalue weighted by atomic mass is 10.0. The van der Waals surface area contributed by atoms with E-state index < -0.39 is 10.0 Å². The molecular weight excluding hydrogens is 324 g/mol. The molecule has 1 rings (SSSR count). The van der Waals surface area contributed by atoms with E-state index in [1.54, 1.807) is 12.1 Å². The number of rotatable bonds is 11. The topological polar surface area (TPSA) is 75.3 Å². The molecule has 0 spiro atoms. The Hall–Kier alpha value is -1.40. The number of sulfonamides is 1. The Balaban J connectivity index is 2.61. The van der Waals surface area contributed by atoms with Crippen molar-refractivity contribution < 1.29 is 13.2 Å². The van der Waals surface area contributed by atoms with E-state index >= 15 is 0 Å². The third-order valence-corrected chi connectivity index (χ3v) is 5.59. The van der Waals surface area contributed by atoms with Crippen molar-refractivity contribution in [3.8, 4) is 0 Å². The second kappa shape index (κ2) is 10.5. The van der Waals surface area contributed by atoms with Crippen LogP contribution in [0, 0.1) is 5.92 Å². The largest absolute Gasteiger partial charge is 0.326 e. The summed E-state index contributed by atoms with van der Waals surface area (Å²) in [4.78, 5) is 12.3. The van der Waals surface area contributed by atoms with Crippen LogP contribution in [0.25, 0.3) is 0 Å². The molecule has 0 atom stereocenters. The number of carbonyl (C=O) groups excluding carboxylic acids is 1. The number of hydrogen-bond acceptors (Lipinski definition) is 3. The van der Waals surface area contributed by atoms with Gasteiger partial charge in [0.1, 0.15) is 0 Å². The van der Waals surface area contributed by atoms with Gasteiger partial charge in [-0.3, -0.25) is 4.79 Å². The molecule has 0 aliphatic rings. The SMILES string of the molecule is CCCCCCNS(=O)(=O)c1ccc(NC(=O)C(CC)CC)cc1. The number of anilines is 1. The Morgan fingerprint density at radius 3 is 2.17 bits per heavy atom. The van der Waals surface area contributed by atoms with Gasteiger partial charge in [-0.05, 0) is 43.5 Å². The molecule has 0 unspecified atom stereocenters. The average Bonchev–Trinajstić information content (AvgIpc) is 2.56. The first-order valence-electron chi connectivity index (χ1n) is 8.85. The summed E-state index contributed by atoms with van der Waals surface area (Å²) < 4.78 is 27.0. The van der Waals surface area contributed by atoms with Crippen LogP contribution in [-0.4, -0.2) is 20.9 Å². The Labute approximate surface area is 146 Å². The molecule has 136 valence electrons. The summed E-state index contributed by atoms with van der Waals surface area (Å²) in [5, 5.41) is 2.83. The van der Waals surface area contributed by atoms with Crippen LogP contribution in [0.3, 0.4) is 0 Å². The van der Waals surface area contributed by atoms with Crippen LogP contribution in [0.2, 0.25) is 0 Å². The fraction of sp³-hybridized carbons (Fsp3) is 0.611. The normalized spacial score (nSPS) is 11.7. The molecule has 1 aromatic rings. The Morgan fingerprint density at radius 2 is 1.62 bits per heavy atom. The van der Waals surface area contributed by atoms with Crippen LogP contribution in [0.4, 0.5) is 5.69 Å². The summed E-state index contributed by atoms with van der Waals surface area (Å²) in [6.07, 6.45) is 5.69. The van der Waals surface area contributed by atoms with Gasteiger partial charge < -0.3 is 5.32 Å². The van der Waals surface area contributed by atoms with Gasteiger partial charge in [0.25, 0.3) is 0 Å². The highest BCUT2D eigenvalue weighted by atomic mass is 32.2. The summed E-state index contributed by atoms with van der Waals surface area (Å²) in [5.41, 5.74) is 0.619. The molecular formula is C18H30N2O3S. The lowest BCUT2D eigenvalue weighted by Crippen LogP contribution is -2.25. The van der Waals surface area contributed by atoms with Gasteiger partial charge >= 0.3 is 0 Å². The number of unbranched alkanes of at least 4 members (excludes halogenated alkanes) is 3. The smallest absolute Gasteiger partial charge is 0.240 e. The predicted molar refractivity (Wildman–Crippen MR) is 98.5 cm³/mol.